The second-order valence-electron chi connectivity index (χ2n) is 4.65. The van der Waals surface area contributed by atoms with Gasteiger partial charge in [0.05, 0.1) is 12.7 Å². The Bertz CT molecular complexity index is 300. The summed E-state index contributed by atoms with van der Waals surface area (Å²) in [6.45, 7) is 5.26. The molecule has 0 aliphatic rings. The van der Waals surface area contributed by atoms with Crippen molar-refractivity contribution >= 4 is 0 Å². The molecule has 0 bridgehead atoms. The number of aliphatic hydroxyl groups excluding tert-OH is 1. The van der Waals surface area contributed by atoms with Gasteiger partial charge in [-0.15, -0.1) is 0 Å². The van der Waals surface area contributed by atoms with Gasteiger partial charge in [-0.3, -0.25) is 0 Å². The highest BCUT2D eigenvalue weighted by Gasteiger charge is 2.16. The molecule has 2 atom stereocenters. The van der Waals surface area contributed by atoms with Crippen LogP contribution in [0.1, 0.15) is 25.5 Å². The Morgan fingerprint density at radius 3 is 2.41 bits per heavy atom. The molecular formula is C14H23NO2. The average molecular weight is 237 g/mol. The molecule has 1 aromatic carbocycles. The Balaban J connectivity index is 2.56. The molecule has 1 aromatic rings. The molecule has 0 aliphatic carbocycles. The molecule has 2 N–H and O–H groups in total. The van der Waals surface area contributed by atoms with Crippen LogP contribution in [-0.4, -0.2) is 31.5 Å². The van der Waals surface area contributed by atoms with E-state index in [0.29, 0.717) is 19.1 Å². The summed E-state index contributed by atoms with van der Waals surface area (Å²) >= 11 is 0. The number of methoxy groups -OCH3 is 1. The van der Waals surface area contributed by atoms with Crippen LogP contribution >= 0.6 is 0 Å². The van der Waals surface area contributed by atoms with Crippen molar-refractivity contribution < 1.29 is 9.84 Å². The van der Waals surface area contributed by atoms with E-state index in [4.69, 9.17) is 4.74 Å². The number of ether oxygens (including phenoxy) is 1. The van der Waals surface area contributed by atoms with Crippen LogP contribution in [0.3, 0.4) is 0 Å². The van der Waals surface area contributed by atoms with Crippen LogP contribution in [-0.2, 0) is 4.74 Å². The standard InChI is InChI=1S/C14H23NO2/c1-11(2)14(12-7-5-4-6-8-12)15-9-13(16)10-17-3/h4-8,11,13-16H,9-10H2,1-3H3. The first-order valence-electron chi connectivity index (χ1n) is 6.10. The zero-order valence-corrected chi connectivity index (χ0v) is 10.9. The maximum atomic E-state index is 9.64. The molecule has 3 heteroatoms. The van der Waals surface area contributed by atoms with Gasteiger partial charge >= 0.3 is 0 Å². The van der Waals surface area contributed by atoms with Crippen molar-refractivity contribution in [1.29, 1.82) is 0 Å². The smallest absolute Gasteiger partial charge is 0.0897 e. The summed E-state index contributed by atoms with van der Waals surface area (Å²) < 4.78 is 4.91. The van der Waals surface area contributed by atoms with Crippen LogP contribution in [0.5, 0.6) is 0 Å². The van der Waals surface area contributed by atoms with Crippen molar-refractivity contribution in [3.05, 3.63) is 35.9 Å². The van der Waals surface area contributed by atoms with Crippen molar-refractivity contribution in [3.8, 4) is 0 Å². The second-order valence-corrected chi connectivity index (χ2v) is 4.65. The van der Waals surface area contributed by atoms with Gasteiger partial charge in [-0.2, -0.15) is 0 Å². The molecule has 0 spiro atoms. The van der Waals surface area contributed by atoms with Crippen LogP contribution in [0.15, 0.2) is 30.3 Å². The lowest BCUT2D eigenvalue weighted by atomic mass is 9.96. The predicted molar refractivity (Wildman–Crippen MR) is 69.9 cm³/mol. The van der Waals surface area contributed by atoms with E-state index in [-0.39, 0.29) is 6.04 Å². The van der Waals surface area contributed by atoms with E-state index in [1.165, 1.54) is 5.56 Å². The summed E-state index contributed by atoms with van der Waals surface area (Å²) in [5.41, 5.74) is 1.26. The molecule has 2 unspecified atom stereocenters. The molecule has 3 nitrogen and oxygen atoms in total. The molecule has 0 radical (unpaired) electrons. The van der Waals surface area contributed by atoms with Crippen LogP contribution in [0.4, 0.5) is 0 Å². The van der Waals surface area contributed by atoms with Gasteiger partial charge in [-0.25, -0.2) is 0 Å². The Morgan fingerprint density at radius 1 is 1.24 bits per heavy atom. The molecule has 0 heterocycles. The minimum atomic E-state index is -0.454. The molecule has 0 saturated carbocycles. The summed E-state index contributed by atoms with van der Waals surface area (Å²) in [5.74, 6) is 0.479. The van der Waals surface area contributed by atoms with Crippen LogP contribution < -0.4 is 5.32 Å². The van der Waals surface area contributed by atoms with Crippen molar-refractivity contribution in [3.63, 3.8) is 0 Å². The quantitative estimate of drug-likeness (QED) is 0.762. The third kappa shape index (κ3) is 4.86. The predicted octanol–water partition coefficient (Wildman–Crippen LogP) is 1.98. The van der Waals surface area contributed by atoms with Crippen LogP contribution in [0.25, 0.3) is 0 Å². The fourth-order valence-corrected chi connectivity index (χ4v) is 1.91. The number of hydrogen-bond donors (Lipinski definition) is 2. The fourth-order valence-electron chi connectivity index (χ4n) is 1.91. The lowest BCUT2D eigenvalue weighted by Crippen LogP contribution is -2.34. The van der Waals surface area contributed by atoms with E-state index < -0.39 is 6.10 Å². The third-order valence-electron chi connectivity index (χ3n) is 2.76. The van der Waals surface area contributed by atoms with Gasteiger partial charge < -0.3 is 15.2 Å². The minimum Gasteiger partial charge on any atom is -0.389 e. The molecular weight excluding hydrogens is 214 g/mol. The maximum Gasteiger partial charge on any atom is 0.0897 e. The van der Waals surface area contributed by atoms with E-state index in [2.05, 4.69) is 31.3 Å². The van der Waals surface area contributed by atoms with E-state index in [1.807, 2.05) is 18.2 Å². The SMILES string of the molecule is COCC(O)CNC(c1ccccc1)C(C)C. The van der Waals surface area contributed by atoms with Crippen molar-refractivity contribution in [2.45, 2.75) is 26.0 Å². The lowest BCUT2D eigenvalue weighted by molar-refractivity contribution is 0.0615. The monoisotopic (exact) mass is 237 g/mol. The average Bonchev–Trinajstić information content (AvgIpc) is 2.30. The molecule has 0 fully saturated rings. The summed E-state index contributed by atoms with van der Waals surface area (Å²) in [6.07, 6.45) is -0.454. The number of nitrogens with one attached hydrogen (secondary N) is 1. The summed E-state index contributed by atoms with van der Waals surface area (Å²) in [7, 11) is 1.60. The molecule has 96 valence electrons. The van der Waals surface area contributed by atoms with Gasteiger partial charge in [0, 0.05) is 19.7 Å². The Morgan fingerprint density at radius 2 is 1.88 bits per heavy atom. The van der Waals surface area contributed by atoms with E-state index in [0.717, 1.165) is 0 Å². The molecule has 0 aromatic heterocycles. The van der Waals surface area contributed by atoms with Crippen LogP contribution in [0.2, 0.25) is 0 Å². The molecule has 0 amide bonds. The van der Waals surface area contributed by atoms with Gasteiger partial charge in [-0.05, 0) is 11.5 Å². The second kappa shape index (κ2) is 7.43. The van der Waals surface area contributed by atoms with Crippen LogP contribution in [0, 0.1) is 5.92 Å². The highest BCUT2D eigenvalue weighted by Crippen LogP contribution is 2.20. The first-order valence-corrected chi connectivity index (χ1v) is 6.10. The third-order valence-corrected chi connectivity index (χ3v) is 2.76. The van der Waals surface area contributed by atoms with Crippen molar-refractivity contribution in [2.75, 3.05) is 20.3 Å². The highest BCUT2D eigenvalue weighted by molar-refractivity contribution is 5.19. The topological polar surface area (TPSA) is 41.5 Å². The van der Waals surface area contributed by atoms with Gasteiger partial charge in [0.15, 0.2) is 0 Å². The number of rotatable bonds is 7. The zero-order valence-electron chi connectivity index (χ0n) is 10.9. The number of benzene rings is 1. The maximum absolute atomic E-state index is 9.64. The molecule has 0 saturated heterocycles. The van der Waals surface area contributed by atoms with Gasteiger partial charge in [0.25, 0.3) is 0 Å². The van der Waals surface area contributed by atoms with E-state index in [9.17, 15) is 5.11 Å². The van der Waals surface area contributed by atoms with Crippen molar-refractivity contribution in [1.82, 2.24) is 5.32 Å². The van der Waals surface area contributed by atoms with E-state index >= 15 is 0 Å². The van der Waals surface area contributed by atoms with Gasteiger partial charge in [0.1, 0.15) is 0 Å². The minimum absolute atomic E-state index is 0.266. The Kier molecular flexibility index (Phi) is 6.19. The number of hydrogen-bond acceptors (Lipinski definition) is 3. The Hall–Kier alpha value is -0.900. The zero-order chi connectivity index (χ0) is 12.7. The van der Waals surface area contributed by atoms with Crippen molar-refractivity contribution in [2.24, 2.45) is 5.92 Å². The first-order chi connectivity index (χ1) is 8.15. The summed E-state index contributed by atoms with van der Waals surface area (Å²) in [5, 5.41) is 13.0. The fraction of sp³-hybridized carbons (Fsp3) is 0.571. The molecule has 17 heavy (non-hydrogen) atoms. The lowest BCUT2D eigenvalue weighted by Gasteiger charge is -2.24. The largest absolute Gasteiger partial charge is 0.389 e. The van der Waals surface area contributed by atoms with E-state index in [1.54, 1.807) is 7.11 Å². The molecule has 0 aliphatic heterocycles. The Labute approximate surface area is 104 Å². The first kappa shape index (κ1) is 14.2. The number of aliphatic hydroxyl groups is 1. The highest BCUT2D eigenvalue weighted by atomic mass is 16.5. The van der Waals surface area contributed by atoms with Gasteiger partial charge in [0.2, 0.25) is 0 Å². The molecule has 1 rings (SSSR count). The summed E-state index contributed by atoms with van der Waals surface area (Å²) in [4.78, 5) is 0. The summed E-state index contributed by atoms with van der Waals surface area (Å²) in [6, 6.07) is 10.6. The normalized spacial score (nSPS) is 14.9. The van der Waals surface area contributed by atoms with Gasteiger partial charge in [-0.1, -0.05) is 44.2 Å².